The maximum Gasteiger partial charge on any atom is 0.203 e. The first-order chi connectivity index (χ1) is 14.3. The van der Waals surface area contributed by atoms with Gasteiger partial charge in [0, 0.05) is 56.6 Å². The summed E-state index contributed by atoms with van der Waals surface area (Å²) in [6.07, 6.45) is 6.28. The summed E-state index contributed by atoms with van der Waals surface area (Å²) in [7, 11) is 3.40. The molecule has 3 heterocycles. The van der Waals surface area contributed by atoms with Crippen LogP contribution in [0.25, 0.3) is 5.65 Å². The number of anilines is 1. The molecular formula is C21H26N6O2. The Labute approximate surface area is 170 Å². The van der Waals surface area contributed by atoms with Gasteiger partial charge in [-0.15, -0.1) is 10.2 Å². The van der Waals surface area contributed by atoms with Gasteiger partial charge >= 0.3 is 0 Å². The van der Waals surface area contributed by atoms with E-state index in [1.165, 1.54) is 12.8 Å². The van der Waals surface area contributed by atoms with Crippen LogP contribution in [0.2, 0.25) is 0 Å². The van der Waals surface area contributed by atoms with E-state index in [4.69, 9.17) is 9.47 Å². The fraction of sp³-hybridized carbons (Fsp3) is 0.476. The van der Waals surface area contributed by atoms with Crippen molar-refractivity contribution in [1.29, 1.82) is 0 Å². The lowest BCUT2D eigenvalue weighted by molar-refractivity contribution is 0.245. The predicted molar refractivity (Wildman–Crippen MR) is 110 cm³/mol. The van der Waals surface area contributed by atoms with Gasteiger partial charge in [-0.2, -0.15) is 0 Å². The van der Waals surface area contributed by atoms with Gasteiger partial charge in [-0.3, -0.25) is 9.30 Å². The number of methoxy groups -OCH3 is 2. The van der Waals surface area contributed by atoms with Gasteiger partial charge in [0.2, 0.25) is 5.65 Å². The zero-order chi connectivity index (χ0) is 19.8. The average molecular weight is 394 g/mol. The second-order valence-corrected chi connectivity index (χ2v) is 7.72. The van der Waals surface area contributed by atoms with E-state index < -0.39 is 0 Å². The minimum Gasteiger partial charge on any atom is -0.497 e. The Morgan fingerprint density at radius 2 is 1.86 bits per heavy atom. The lowest BCUT2D eigenvalue weighted by Crippen LogP contribution is -2.46. The van der Waals surface area contributed by atoms with E-state index in [0.29, 0.717) is 5.92 Å². The largest absolute Gasteiger partial charge is 0.497 e. The fourth-order valence-corrected chi connectivity index (χ4v) is 4.04. The number of rotatable bonds is 6. The van der Waals surface area contributed by atoms with Crippen molar-refractivity contribution in [3.05, 3.63) is 42.0 Å². The monoisotopic (exact) mass is 394 g/mol. The van der Waals surface area contributed by atoms with E-state index in [9.17, 15) is 0 Å². The molecule has 3 aromatic rings. The second kappa shape index (κ2) is 7.51. The van der Waals surface area contributed by atoms with Crippen LogP contribution in [0.4, 0.5) is 5.82 Å². The summed E-state index contributed by atoms with van der Waals surface area (Å²) in [4.78, 5) is 9.39. The SMILES string of the molecule is COc1ccc(OC)c(CN2CCN(c3nccn4c(C5CC5)nnc34)CC2)c1. The van der Waals surface area contributed by atoms with Crippen molar-refractivity contribution in [3.8, 4) is 11.5 Å². The van der Waals surface area contributed by atoms with Gasteiger partial charge in [0.05, 0.1) is 14.2 Å². The van der Waals surface area contributed by atoms with Crippen molar-refractivity contribution < 1.29 is 9.47 Å². The molecule has 1 aliphatic heterocycles. The van der Waals surface area contributed by atoms with Gasteiger partial charge in [0.25, 0.3) is 0 Å². The number of nitrogens with zero attached hydrogens (tertiary/aromatic N) is 6. The minimum atomic E-state index is 0.565. The van der Waals surface area contributed by atoms with Crippen molar-refractivity contribution in [2.24, 2.45) is 0 Å². The number of ether oxygens (including phenoxy) is 2. The summed E-state index contributed by atoms with van der Waals surface area (Å²) in [5.74, 6) is 4.33. The third-order valence-electron chi connectivity index (χ3n) is 5.83. The van der Waals surface area contributed by atoms with Crippen LogP contribution >= 0.6 is 0 Å². The molecule has 29 heavy (non-hydrogen) atoms. The van der Waals surface area contributed by atoms with Crippen LogP contribution in [0.15, 0.2) is 30.6 Å². The van der Waals surface area contributed by atoms with Crippen LogP contribution < -0.4 is 14.4 Å². The van der Waals surface area contributed by atoms with Crippen LogP contribution in [0, 0.1) is 0 Å². The Morgan fingerprint density at radius 3 is 2.59 bits per heavy atom. The lowest BCUT2D eigenvalue weighted by atomic mass is 10.1. The first-order valence-corrected chi connectivity index (χ1v) is 10.1. The summed E-state index contributed by atoms with van der Waals surface area (Å²) < 4.78 is 13.0. The summed E-state index contributed by atoms with van der Waals surface area (Å²) in [6, 6.07) is 5.96. The molecule has 2 fully saturated rings. The molecule has 0 atom stereocenters. The van der Waals surface area contributed by atoms with Crippen molar-refractivity contribution in [3.63, 3.8) is 0 Å². The summed E-state index contributed by atoms with van der Waals surface area (Å²) >= 11 is 0. The zero-order valence-corrected chi connectivity index (χ0v) is 16.9. The van der Waals surface area contributed by atoms with Crippen LogP contribution in [-0.4, -0.2) is 64.9 Å². The van der Waals surface area contributed by atoms with Crippen molar-refractivity contribution >= 4 is 11.5 Å². The first kappa shape index (κ1) is 18.2. The van der Waals surface area contributed by atoms with Crippen molar-refractivity contribution in [1.82, 2.24) is 24.5 Å². The third kappa shape index (κ3) is 3.48. The number of aromatic nitrogens is 4. The van der Waals surface area contributed by atoms with Crippen LogP contribution in [0.1, 0.15) is 30.1 Å². The molecule has 0 bridgehead atoms. The zero-order valence-electron chi connectivity index (χ0n) is 16.9. The van der Waals surface area contributed by atoms with Gasteiger partial charge < -0.3 is 14.4 Å². The van der Waals surface area contributed by atoms with Gasteiger partial charge in [-0.25, -0.2) is 4.98 Å². The Bertz CT molecular complexity index is 1010. The molecule has 1 aliphatic carbocycles. The lowest BCUT2D eigenvalue weighted by Gasteiger charge is -2.35. The van der Waals surface area contributed by atoms with E-state index in [-0.39, 0.29) is 0 Å². The molecule has 152 valence electrons. The number of hydrogen-bond acceptors (Lipinski definition) is 7. The molecule has 0 spiro atoms. The van der Waals surface area contributed by atoms with Crippen LogP contribution in [0.5, 0.6) is 11.5 Å². The molecule has 2 aromatic heterocycles. The minimum absolute atomic E-state index is 0.565. The second-order valence-electron chi connectivity index (χ2n) is 7.72. The van der Waals surface area contributed by atoms with E-state index >= 15 is 0 Å². The highest BCUT2D eigenvalue weighted by Crippen LogP contribution is 2.39. The molecule has 8 nitrogen and oxygen atoms in total. The van der Waals surface area contributed by atoms with Crippen LogP contribution in [-0.2, 0) is 6.54 Å². The number of benzene rings is 1. The van der Waals surface area contributed by atoms with E-state index in [1.807, 2.05) is 24.5 Å². The molecule has 1 aromatic carbocycles. The highest BCUT2D eigenvalue weighted by molar-refractivity contribution is 5.64. The smallest absolute Gasteiger partial charge is 0.203 e. The number of fused-ring (bicyclic) bond motifs is 1. The molecular weight excluding hydrogens is 368 g/mol. The van der Waals surface area contributed by atoms with Crippen LogP contribution in [0.3, 0.4) is 0 Å². The quantitative estimate of drug-likeness (QED) is 0.636. The van der Waals surface area contributed by atoms with Gasteiger partial charge in [-0.1, -0.05) is 0 Å². The molecule has 1 saturated heterocycles. The van der Waals surface area contributed by atoms with E-state index in [0.717, 1.165) is 67.1 Å². The third-order valence-corrected chi connectivity index (χ3v) is 5.83. The number of hydrogen-bond donors (Lipinski definition) is 0. The van der Waals surface area contributed by atoms with Gasteiger partial charge in [0.15, 0.2) is 5.82 Å². The molecule has 0 amide bonds. The maximum absolute atomic E-state index is 5.53. The summed E-state index contributed by atoms with van der Waals surface area (Å²) in [5, 5.41) is 8.88. The average Bonchev–Trinajstić information content (AvgIpc) is 3.52. The highest BCUT2D eigenvalue weighted by atomic mass is 16.5. The Kier molecular flexibility index (Phi) is 4.71. The molecule has 2 aliphatic rings. The van der Waals surface area contributed by atoms with E-state index in [2.05, 4.69) is 35.4 Å². The Balaban J connectivity index is 1.29. The Morgan fingerprint density at radius 1 is 1.03 bits per heavy atom. The highest BCUT2D eigenvalue weighted by Gasteiger charge is 2.30. The fourth-order valence-electron chi connectivity index (χ4n) is 4.04. The summed E-state index contributed by atoms with van der Waals surface area (Å²) in [6.45, 7) is 4.55. The molecule has 0 N–H and O–H groups in total. The molecule has 5 rings (SSSR count). The number of piperazine rings is 1. The maximum atomic E-state index is 5.53. The van der Waals surface area contributed by atoms with E-state index in [1.54, 1.807) is 14.2 Å². The molecule has 0 unspecified atom stereocenters. The molecule has 8 heteroatoms. The first-order valence-electron chi connectivity index (χ1n) is 10.1. The van der Waals surface area contributed by atoms with Crippen molar-refractivity contribution in [2.45, 2.75) is 25.3 Å². The van der Waals surface area contributed by atoms with Gasteiger partial charge in [0.1, 0.15) is 17.3 Å². The predicted octanol–water partition coefficient (Wildman–Crippen LogP) is 2.34. The summed E-state index contributed by atoms with van der Waals surface area (Å²) in [5.41, 5.74) is 2.02. The van der Waals surface area contributed by atoms with Gasteiger partial charge in [-0.05, 0) is 31.0 Å². The Hall–Kier alpha value is -2.87. The standard InChI is InChI=1S/C21H26N6O2/c1-28-17-5-6-18(29-2)16(13-17)14-25-9-11-26(12-10-25)20-21-24-23-19(15-3-4-15)27(21)8-7-22-20/h5-8,13,15H,3-4,9-12,14H2,1-2H3. The molecule has 1 saturated carbocycles. The molecule has 0 radical (unpaired) electrons. The van der Waals surface area contributed by atoms with Crippen molar-refractivity contribution in [2.75, 3.05) is 45.3 Å². The topological polar surface area (TPSA) is 68.0 Å². The normalized spacial score (nSPS) is 17.7.